The number of aliphatic imine (C=N–C) groups is 1. The monoisotopic (exact) mass is 323 g/mol. The summed E-state index contributed by atoms with van der Waals surface area (Å²) in [4.78, 5) is 21.7. The molecule has 3 N–H and O–H groups in total. The Hall–Kier alpha value is -1.63. The van der Waals surface area contributed by atoms with Gasteiger partial charge in [-0.15, -0.1) is 11.3 Å². The number of carbonyl (C=O) groups is 1. The number of thiazole rings is 1. The van der Waals surface area contributed by atoms with Crippen LogP contribution < -0.4 is 16.0 Å². The van der Waals surface area contributed by atoms with E-state index < -0.39 is 0 Å². The second kappa shape index (κ2) is 8.73. The molecule has 1 aromatic rings. The lowest BCUT2D eigenvalue weighted by Crippen LogP contribution is -2.39. The Kier molecular flexibility index (Phi) is 6.64. The lowest BCUT2D eigenvalue weighted by atomic mass is 10.4. The Bertz CT molecular complexity index is 510. The average molecular weight is 323 g/mol. The minimum Gasteiger partial charge on any atom is -0.357 e. The lowest BCUT2D eigenvalue weighted by Gasteiger charge is -2.10. The Morgan fingerprint density at radius 3 is 2.86 bits per heavy atom. The molecule has 1 aliphatic carbocycles. The molecule has 1 heterocycles. The number of aryl methyl sites for hydroxylation is 1. The van der Waals surface area contributed by atoms with Crippen LogP contribution in [-0.4, -0.2) is 42.5 Å². The molecule has 0 unspecified atom stereocenters. The van der Waals surface area contributed by atoms with Crippen LogP contribution in [0.15, 0.2) is 11.2 Å². The highest BCUT2D eigenvalue weighted by atomic mass is 32.1. The smallest absolute Gasteiger partial charge is 0.242 e. The van der Waals surface area contributed by atoms with Gasteiger partial charge in [-0.25, -0.2) is 9.98 Å². The summed E-state index contributed by atoms with van der Waals surface area (Å²) in [6, 6.07) is 0.385. The third-order valence-electron chi connectivity index (χ3n) is 3.25. The summed E-state index contributed by atoms with van der Waals surface area (Å²) in [5, 5.41) is 10.5. The van der Waals surface area contributed by atoms with Gasteiger partial charge in [0.15, 0.2) is 5.96 Å². The van der Waals surface area contributed by atoms with E-state index in [1.54, 1.807) is 11.3 Å². The van der Waals surface area contributed by atoms with E-state index in [0.717, 1.165) is 43.8 Å². The Labute approximate surface area is 135 Å². The van der Waals surface area contributed by atoms with E-state index in [0.29, 0.717) is 12.0 Å². The average Bonchev–Trinajstić information content (AvgIpc) is 3.20. The van der Waals surface area contributed by atoms with Crippen molar-refractivity contribution in [3.63, 3.8) is 0 Å². The molecule has 2 rings (SSSR count). The lowest BCUT2D eigenvalue weighted by molar-refractivity contribution is -0.119. The van der Waals surface area contributed by atoms with Crippen LogP contribution in [0.3, 0.4) is 0 Å². The van der Waals surface area contributed by atoms with Crippen molar-refractivity contribution in [3.8, 4) is 0 Å². The van der Waals surface area contributed by atoms with Gasteiger partial charge in [0, 0.05) is 36.6 Å². The fourth-order valence-electron chi connectivity index (χ4n) is 1.91. The second-order valence-electron chi connectivity index (χ2n) is 5.29. The van der Waals surface area contributed by atoms with Crippen LogP contribution in [0.4, 0.5) is 0 Å². The number of guanidine groups is 1. The topological polar surface area (TPSA) is 78.4 Å². The number of nitrogens with one attached hydrogen (secondary N) is 3. The van der Waals surface area contributed by atoms with Crippen LogP contribution in [0.25, 0.3) is 0 Å². The molecule has 7 heteroatoms. The van der Waals surface area contributed by atoms with Crippen molar-refractivity contribution < 1.29 is 4.79 Å². The highest BCUT2D eigenvalue weighted by Gasteiger charge is 2.22. The van der Waals surface area contributed by atoms with Crippen LogP contribution in [-0.2, 0) is 17.6 Å². The number of nitrogens with zero attached hydrogens (tertiary/aromatic N) is 2. The van der Waals surface area contributed by atoms with Gasteiger partial charge >= 0.3 is 0 Å². The van der Waals surface area contributed by atoms with Crippen LogP contribution in [0.2, 0.25) is 0 Å². The highest BCUT2D eigenvalue weighted by Crippen LogP contribution is 2.18. The molecule has 1 aliphatic rings. The molecule has 1 fully saturated rings. The molecule has 22 heavy (non-hydrogen) atoms. The highest BCUT2D eigenvalue weighted by molar-refractivity contribution is 7.11. The first-order valence-electron chi connectivity index (χ1n) is 7.96. The molecule has 122 valence electrons. The molecule has 6 nitrogen and oxygen atoms in total. The zero-order valence-corrected chi connectivity index (χ0v) is 14.1. The predicted octanol–water partition coefficient (Wildman–Crippen LogP) is 1.08. The van der Waals surface area contributed by atoms with Gasteiger partial charge in [0.25, 0.3) is 0 Å². The number of amides is 1. The van der Waals surface area contributed by atoms with Crippen molar-refractivity contribution in [3.05, 3.63) is 16.1 Å². The third kappa shape index (κ3) is 6.01. The quantitative estimate of drug-likeness (QED) is 0.494. The maximum absolute atomic E-state index is 11.7. The zero-order valence-electron chi connectivity index (χ0n) is 13.3. The van der Waals surface area contributed by atoms with Crippen molar-refractivity contribution in [2.45, 2.75) is 45.6 Å². The van der Waals surface area contributed by atoms with Crippen LogP contribution >= 0.6 is 11.3 Å². The van der Waals surface area contributed by atoms with Crippen molar-refractivity contribution in [1.29, 1.82) is 0 Å². The van der Waals surface area contributed by atoms with Gasteiger partial charge in [-0.1, -0.05) is 6.92 Å². The van der Waals surface area contributed by atoms with E-state index in [1.807, 2.05) is 13.1 Å². The first kappa shape index (κ1) is 16.7. The molecule has 0 radical (unpaired) electrons. The molecular formula is C15H25N5OS. The summed E-state index contributed by atoms with van der Waals surface area (Å²) in [5.74, 6) is 0.674. The van der Waals surface area contributed by atoms with Crippen LogP contribution in [0, 0.1) is 0 Å². The molecule has 1 saturated carbocycles. The first-order valence-corrected chi connectivity index (χ1v) is 8.78. The molecule has 0 saturated heterocycles. The summed E-state index contributed by atoms with van der Waals surface area (Å²) in [6.45, 7) is 5.84. The number of aromatic nitrogens is 1. The number of rotatable bonds is 8. The Morgan fingerprint density at radius 2 is 2.23 bits per heavy atom. The van der Waals surface area contributed by atoms with Crippen molar-refractivity contribution in [1.82, 2.24) is 20.9 Å². The summed E-state index contributed by atoms with van der Waals surface area (Å²) in [7, 11) is 0. The van der Waals surface area contributed by atoms with E-state index in [-0.39, 0.29) is 12.5 Å². The number of carbonyl (C=O) groups excluding carboxylic acids is 1. The van der Waals surface area contributed by atoms with Gasteiger partial charge in [-0.3, -0.25) is 4.79 Å². The van der Waals surface area contributed by atoms with E-state index in [2.05, 4.69) is 32.9 Å². The van der Waals surface area contributed by atoms with Gasteiger partial charge < -0.3 is 16.0 Å². The largest absolute Gasteiger partial charge is 0.357 e. The van der Waals surface area contributed by atoms with Crippen molar-refractivity contribution >= 4 is 23.2 Å². The van der Waals surface area contributed by atoms with E-state index in [9.17, 15) is 4.79 Å². The molecule has 1 aromatic heterocycles. The van der Waals surface area contributed by atoms with E-state index in [1.165, 1.54) is 4.88 Å². The third-order valence-corrected chi connectivity index (χ3v) is 4.45. The Balaban J connectivity index is 1.73. The molecular weight excluding hydrogens is 298 g/mol. The van der Waals surface area contributed by atoms with Crippen LogP contribution in [0.5, 0.6) is 0 Å². The fourth-order valence-corrected chi connectivity index (χ4v) is 2.77. The maximum atomic E-state index is 11.7. The molecule has 0 spiro atoms. The standard InChI is InChI=1S/C15H25N5OS/c1-3-12-9-18-14(22-12)7-8-17-15(16-4-2)19-10-13(21)20-11-5-6-11/h9,11H,3-8,10H2,1-2H3,(H,20,21)(H2,16,17,19). The van der Waals surface area contributed by atoms with Gasteiger partial charge in [0.2, 0.25) is 5.91 Å². The SMILES string of the molecule is CCNC(=NCC(=O)NC1CC1)NCCc1ncc(CC)s1. The second-order valence-corrected chi connectivity index (χ2v) is 6.49. The van der Waals surface area contributed by atoms with Gasteiger partial charge in [-0.2, -0.15) is 0 Å². The molecule has 0 bridgehead atoms. The van der Waals surface area contributed by atoms with E-state index in [4.69, 9.17) is 0 Å². The summed E-state index contributed by atoms with van der Waals surface area (Å²) >= 11 is 1.75. The summed E-state index contributed by atoms with van der Waals surface area (Å²) < 4.78 is 0. The minimum atomic E-state index is -0.00721. The fraction of sp³-hybridized carbons (Fsp3) is 0.667. The predicted molar refractivity (Wildman–Crippen MR) is 90.3 cm³/mol. The summed E-state index contributed by atoms with van der Waals surface area (Å²) in [5.41, 5.74) is 0. The van der Waals surface area contributed by atoms with E-state index >= 15 is 0 Å². The first-order chi connectivity index (χ1) is 10.7. The zero-order chi connectivity index (χ0) is 15.8. The maximum Gasteiger partial charge on any atom is 0.242 e. The van der Waals surface area contributed by atoms with Gasteiger partial charge in [0.05, 0.1) is 5.01 Å². The number of hydrogen-bond donors (Lipinski definition) is 3. The molecule has 0 aromatic carbocycles. The van der Waals surface area contributed by atoms with Crippen molar-refractivity contribution in [2.75, 3.05) is 19.6 Å². The van der Waals surface area contributed by atoms with Crippen molar-refractivity contribution in [2.24, 2.45) is 4.99 Å². The van der Waals surface area contributed by atoms with Gasteiger partial charge in [0.1, 0.15) is 6.54 Å². The minimum absolute atomic E-state index is 0.00721. The summed E-state index contributed by atoms with van der Waals surface area (Å²) in [6.07, 6.45) is 6.04. The molecule has 0 atom stereocenters. The molecule has 0 aliphatic heterocycles. The normalized spacial score (nSPS) is 14.7. The van der Waals surface area contributed by atoms with Crippen LogP contribution in [0.1, 0.15) is 36.6 Å². The Morgan fingerprint density at radius 1 is 1.41 bits per heavy atom. The van der Waals surface area contributed by atoms with Gasteiger partial charge in [-0.05, 0) is 26.2 Å². The number of hydrogen-bond acceptors (Lipinski definition) is 4. The molecule has 1 amide bonds.